The van der Waals surface area contributed by atoms with E-state index in [4.69, 9.17) is 4.74 Å². The standard InChI is InChI=1S/C25H23N5O/c1-2-5-18(6-3-1)31-19-11-17(14-26-15-19)16-8-9-21-20(12-16)25(30-29-21)24-13-23-22(28-24)7-4-10-27-23/h4,7-15,18,28H,1-3,5-6H2,(H,29,30). The van der Waals surface area contributed by atoms with Gasteiger partial charge in [0.1, 0.15) is 11.4 Å². The van der Waals surface area contributed by atoms with E-state index >= 15 is 0 Å². The van der Waals surface area contributed by atoms with Crippen molar-refractivity contribution in [3.63, 3.8) is 0 Å². The highest BCUT2D eigenvalue weighted by atomic mass is 16.5. The second-order valence-corrected chi connectivity index (χ2v) is 8.24. The first-order valence-corrected chi connectivity index (χ1v) is 10.9. The number of hydrogen-bond acceptors (Lipinski definition) is 4. The van der Waals surface area contributed by atoms with Gasteiger partial charge in [0.05, 0.1) is 34.5 Å². The molecule has 0 unspecified atom stereocenters. The lowest BCUT2D eigenvalue weighted by Crippen LogP contribution is -2.19. The van der Waals surface area contributed by atoms with Crippen molar-refractivity contribution >= 4 is 21.9 Å². The largest absolute Gasteiger partial charge is 0.489 e. The molecule has 1 fully saturated rings. The molecule has 0 atom stereocenters. The molecule has 0 bridgehead atoms. The van der Waals surface area contributed by atoms with Crippen molar-refractivity contribution < 1.29 is 4.74 Å². The second-order valence-electron chi connectivity index (χ2n) is 8.24. The highest BCUT2D eigenvalue weighted by molar-refractivity contribution is 5.97. The van der Waals surface area contributed by atoms with Crippen molar-refractivity contribution in [3.8, 4) is 28.3 Å². The molecule has 5 aromatic rings. The Kier molecular flexibility index (Phi) is 4.41. The Balaban J connectivity index is 1.36. The quantitative estimate of drug-likeness (QED) is 0.388. The monoisotopic (exact) mass is 409 g/mol. The molecule has 31 heavy (non-hydrogen) atoms. The summed E-state index contributed by atoms with van der Waals surface area (Å²) in [4.78, 5) is 12.3. The average Bonchev–Trinajstić information content (AvgIpc) is 3.43. The van der Waals surface area contributed by atoms with Crippen molar-refractivity contribution in [2.45, 2.75) is 38.2 Å². The molecule has 0 saturated heterocycles. The van der Waals surface area contributed by atoms with Gasteiger partial charge < -0.3 is 9.72 Å². The van der Waals surface area contributed by atoms with Crippen LogP contribution < -0.4 is 4.74 Å². The number of H-pyrrole nitrogens is 2. The number of hydrogen-bond donors (Lipinski definition) is 2. The third-order valence-corrected chi connectivity index (χ3v) is 6.11. The van der Waals surface area contributed by atoms with Crippen LogP contribution in [-0.2, 0) is 0 Å². The number of fused-ring (bicyclic) bond motifs is 2. The SMILES string of the molecule is c1cnc2cc(-c3n[nH]c4ccc(-c5cncc(OC6CCCCC6)c5)cc34)[nH]c2c1. The Morgan fingerprint density at radius 3 is 2.74 bits per heavy atom. The van der Waals surface area contributed by atoms with Crippen molar-refractivity contribution in [2.24, 2.45) is 0 Å². The lowest BCUT2D eigenvalue weighted by Gasteiger charge is -2.23. The number of ether oxygens (including phenoxy) is 1. The molecule has 2 N–H and O–H groups in total. The van der Waals surface area contributed by atoms with Crippen molar-refractivity contribution in [1.29, 1.82) is 0 Å². The molecule has 0 amide bonds. The smallest absolute Gasteiger partial charge is 0.138 e. The van der Waals surface area contributed by atoms with Crippen molar-refractivity contribution in [3.05, 3.63) is 61.1 Å². The van der Waals surface area contributed by atoms with E-state index < -0.39 is 0 Å². The fraction of sp³-hybridized carbons (Fsp3) is 0.240. The molecular formula is C25H23N5O. The fourth-order valence-electron chi connectivity index (χ4n) is 4.50. The van der Waals surface area contributed by atoms with Gasteiger partial charge in [0.25, 0.3) is 0 Å². The van der Waals surface area contributed by atoms with Crippen molar-refractivity contribution in [2.75, 3.05) is 0 Å². The number of nitrogens with one attached hydrogen (secondary N) is 2. The van der Waals surface area contributed by atoms with Gasteiger partial charge in [0.15, 0.2) is 0 Å². The predicted molar refractivity (Wildman–Crippen MR) is 122 cm³/mol. The van der Waals surface area contributed by atoms with E-state index in [1.165, 1.54) is 19.3 Å². The van der Waals surface area contributed by atoms with E-state index in [1.54, 1.807) is 6.20 Å². The summed E-state index contributed by atoms with van der Waals surface area (Å²) in [7, 11) is 0. The van der Waals surface area contributed by atoms with Crippen LogP contribution in [-0.4, -0.2) is 31.3 Å². The summed E-state index contributed by atoms with van der Waals surface area (Å²) in [6, 6.07) is 14.4. The van der Waals surface area contributed by atoms with Crippen LogP contribution in [0.4, 0.5) is 0 Å². The van der Waals surface area contributed by atoms with Gasteiger partial charge in [-0.2, -0.15) is 5.10 Å². The fourth-order valence-corrected chi connectivity index (χ4v) is 4.50. The topological polar surface area (TPSA) is 79.5 Å². The Morgan fingerprint density at radius 1 is 0.903 bits per heavy atom. The number of nitrogens with zero attached hydrogens (tertiary/aromatic N) is 3. The zero-order valence-electron chi connectivity index (χ0n) is 17.1. The maximum atomic E-state index is 6.22. The van der Waals surface area contributed by atoms with E-state index in [-0.39, 0.29) is 0 Å². The highest BCUT2D eigenvalue weighted by Gasteiger charge is 2.16. The van der Waals surface area contributed by atoms with Crippen LogP contribution in [0.25, 0.3) is 44.5 Å². The van der Waals surface area contributed by atoms with E-state index in [2.05, 4.69) is 49.4 Å². The molecule has 1 aromatic carbocycles. The van der Waals surface area contributed by atoms with Crippen LogP contribution in [0.1, 0.15) is 32.1 Å². The van der Waals surface area contributed by atoms with Crippen LogP contribution in [0.3, 0.4) is 0 Å². The second kappa shape index (κ2) is 7.54. The van der Waals surface area contributed by atoms with Gasteiger partial charge in [-0.1, -0.05) is 12.5 Å². The van der Waals surface area contributed by atoms with E-state index in [9.17, 15) is 0 Å². The highest BCUT2D eigenvalue weighted by Crippen LogP contribution is 2.32. The van der Waals surface area contributed by atoms with Gasteiger partial charge in [-0.25, -0.2) is 0 Å². The summed E-state index contributed by atoms with van der Waals surface area (Å²) in [5.74, 6) is 0.846. The molecule has 0 aliphatic heterocycles. The summed E-state index contributed by atoms with van der Waals surface area (Å²) in [6.07, 6.45) is 11.9. The first-order chi connectivity index (χ1) is 15.3. The van der Waals surface area contributed by atoms with Gasteiger partial charge in [-0.3, -0.25) is 15.1 Å². The summed E-state index contributed by atoms with van der Waals surface area (Å²) >= 11 is 0. The van der Waals surface area contributed by atoms with Crippen LogP contribution in [0.5, 0.6) is 5.75 Å². The maximum Gasteiger partial charge on any atom is 0.138 e. The van der Waals surface area contributed by atoms with Crippen LogP contribution in [0.2, 0.25) is 0 Å². The summed E-state index contributed by atoms with van der Waals surface area (Å²) < 4.78 is 6.22. The van der Waals surface area contributed by atoms with Crippen molar-refractivity contribution in [1.82, 2.24) is 25.1 Å². The van der Waals surface area contributed by atoms with E-state index in [1.807, 2.05) is 30.6 Å². The third-order valence-electron chi connectivity index (χ3n) is 6.11. The molecule has 1 aliphatic carbocycles. The van der Waals surface area contributed by atoms with Gasteiger partial charge in [0, 0.05) is 23.3 Å². The van der Waals surface area contributed by atoms with Gasteiger partial charge in [-0.05, 0) is 67.6 Å². The minimum absolute atomic E-state index is 0.310. The first kappa shape index (κ1) is 18.1. The van der Waals surface area contributed by atoms with Gasteiger partial charge >= 0.3 is 0 Å². The lowest BCUT2D eigenvalue weighted by molar-refractivity contribution is 0.154. The molecule has 0 spiro atoms. The Morgan fingerprint density at radius 2 is 1.84 bits per heavy atom. The molecule has 1 aliphatic rings. The summed E-state index contributed by atoms with van der Waals surface area (Å²) in [5, 5.41) is 8.77. The first-order valence-electron chi connectivity index (χ1n) is 10.9. The lowest BCUT2D eigenvalue weighted by atomic mass is 9.98. The zero-order valence-corrected chi connectivity index (χ0v) is 17.1. The molecule has 6 rings (SSSR count). The number of rotatable bonds is 4. The van der Waals surface area contributed by atoms with E-state index in [0.29, 0.717) is 6.10 Å². The van der Waals surface area contributed by atoms with Crippen LogP contribution >= 0.6 is 0 Å². The number of pyridine rings is 2. The van der Waals surface area contributed by atoms with Gasteiger partial charge in [-0.15, -0.1) is 0 Å². The summed E-state index contributed by atoms with van der Waals surface area (Å²) in [6.45, 7) is 0. The minimum Gasteiger partial charge on any atom is -0.489 e. The number of aromatic nitrogens is 5. The summed E-state index contributed by atoms with van der Waals surface area (Å²) in [5.41, 5.74) is 6.89. The Hall–Kier alpha value is -3.67. The molecule has 4 aromatic heterocycles. The molecule has 6 heteroatoms. The average molecular weight is 409 g/mol. The molecule has 154 valence electrons. The van der Waals surface area contributed by atoms with Crippen LogP contribution in [0, 0.1) is 0 Å². The minimum atomic E-state index is 0.310. The van der Waals surface area contributed by atoms with Gasteiger partial charge in [0.2, 0.25) is 0 Å². The number of benzene rings is 1. The van der Waals surface area contributed by atoms with E-state index in [0.717, 1.165) is 63.0 Å². The Bertz CT molecular complexity index is 1330. The normalized spacial score (nSPS) is 15.0. The zero-order chi connectivity index (χ0) is 20.6. The third kappa shape index (κ3) is 3.44. The molecule has 0 radical (unpaired) electrons. The molecular weight excluding hydrogens is 386 g/mol. The number of aromatic amines is 2. The maximum absolute atomic E-state index is 6.22. The molecule has 4 heterocycles. The molecule has 1 saturated carbocycles. The predicted octanol–water partition coefficient (Wildman–Crippen LogP) is 5.88. The van der Waals surface area contributed by atoms with Crippen LogP contribution in [0.15, 0.2) is 61.1 Å². The Labute approximate surface area is 179 Å². The molecule has 6 nitrogen and oxygen atoms in total.